The maximum atomic E-state index is 13.0. The number of Topliss-reactive ketones (excluding diaryl/α,β-unsaturated/α-hetero) is 1. The minimum atomic E-state index is -1.52. The van der Waals surface area contributed by atoms with Crippen molar-refractivity contribution in [3.8, 4) is 5.75 Å². The van der Waals surface area contributed by atoms with E-state index in [1.807, 2.05) is 0 Å². The Labute approximate surface area is 83.9 Å². The van der Waals surface area contributed by atoms with Crippen LogP contribution in [0.4, 0.5) is 4.39 Å². The van der Waals surface area contributed by atoms with E-state index in [9.17, 15) is 14.0 Å². The normalized spacial score (nSPS) is 10.0. The Kier molecular flexibility index (Phi) is 3.01. The van der Waals surface area contributed by atoms with Gasteiger partial charge in [-0.1, -0.05) is 0 Å². The Hall–Kier alpha value is -1.95. The third kappa shape index (κ3) is 2.10. The fourth-order valence-electron chi connectivity index (χ4n) is 1.04. The average Bonchev–Trinajstić information content (AvgIpc) is 2.20. The number of nitrogens with two attached hydrogens (primary N) is 1. The first-order chi connectivity index (χ1) is 6.97. The van der Waals surface area contributed by atoms with Gasteiger partial charge >= 0.3 is 5.97 Å². The molecule has 0 saturated carbocycles. The maximum absolute atomic E-state index is 13.0. The molecule has 1 aromatic rings. The summed E-state index contributed by atoms with van der Waals surface area (Å²) >= 11 is 0. The Bertz CT molecular complexity index is 430. The molecule has 4 N–H and O–H groups in total. The lowest BCUT2D eigenvalue weighted by Crippen LogP contribution is -2.14. The second-order valence-corrected chi connectivity index (χ2v) is 2.79. The summed E-state index contributed by atoms with van der Waals surface area (Å²) < 4.78 is 13.0. The predicted molar refractivity (Wildman–Crippen MR) is 48.4 cm³/mol. The molecule has 0 aliphatic rings. The molecule has 6 heteroatoms. The van der Waals surface area contributed by atoms with E-state index in [1.54, 1.807) is 0 Å². The fraction of sp³-hybridized carbons (Fsp3) is 0.111. The van der Waals surface area contributed by atoms with Crippen molar-refractivity contribution >= 4 is 11.8 Å². The molecule has 80 valence electrons. The van der Waals surface area contributed by atoms with Crippen molar-refractivity contribution in [3.63, 3.8) is 0 Å². The van der Waals surface area contributed by atoms with Gasteiger partial charge in [-0.05, 0) is 12.1 Å². The van der Waals surface area contributed by atoms with Crippen LogP contribution in [0.3, 0.4) is 0 Å². The fourth-order valence-corrected chi connectivity index (χ4v) is 1.04. The van der Waals surface area contributed by atoms with Crippen molar-refractivity contribution in [2.75, 3.05) is 6.54 Å². The van der Waals surface area contributed by atoms with Gasteiger partial charge in [-0.15, -0.1) is 0 Å². The van der Waals surface area contributed by atoms with Gasteiger partial charge < -0.3 is 15.9 Å². The van der Waals surface area contributed by atoms with E-state index in [1.165, 1.54) is 0 Å². The molecule has 0 aliphatic heterocycles. The maximum Gasteiger partial charge on any atom is 0.339 e. The van der Waals surface area contributed by atoms with E-state index in [0.29, 0.717) is 0 Å². The number of phenols is 1. The van der Waals surface area contributed by atoms with Gasteiger partial charge in [0.1, 0.15) is 5.56 Å². The molecule has 0 aromatic heterocycles. The monoisotopic (exact) mass is 213 g/mol. The molecule has 0 fully saturated rings. The number of halogens is 1. The van der Waals surface area contributed by atoms with Gasteiger partial charge in [0.05, 0.1) is 6.54 Å². The largest absolute Gasteiger partial charge is 0.504 e. The number of carbonyl (C=O) groups excluding carboxylic acids is 1. The summed E-state index contributed by atoms with van der Waals surface area (Å²) in [6, 6.07) is 1.63. The van der Waals surface area contributed by atoms with E-state index < -0.39 is 28.9 Å². The smallest absolute Gasteiger partial charge is 0.339 e. The molecule has 0 amide bonds. The van der Waals surface area contributed by atoms with Crippen LogP contribution in [-0.4, -0.2) is 28.5 Å². The van der Waals surface area contributed by atoms with Crippen LogP contribution >= 0.6 is 0 Å². The minimum absolute atomic E-state index is 0.176. The Morgan fingerprint density at radius 3 is 2.47 bits per heavy atom. The first-order valence-corrected chi connectivity index (χ1v) is 3.96. The molecule has 0 saturated heterocycles. The van der Waals surface area contributed by atoms with Crippen molar-refractivity contribution in [1.29, 1.82) is 0 Å². The number of hydrogen-bond acceptors (Lipinski definition) is 4. The number of ketones is 1. The standard InChI is InChI=1S/C9H8FNO4/c10-6-2-4(7(12)3-11)1-5(8(6)13)9(14)15/h1-2,13H,3,11H2,(H,14,15). The summed E-state index contributed by atoms with van der Waals surface area (Å²) in [4.78, 5) is 21.7. The number of aromatic carboxylic acids is 1. The van der Waals surface area contributed by atoms with Crippen LogP contribution in [0.15, 0.2) is 12.1 Å². The van der Waals surface area contributed by atoms with E-state index in [2.05, 4.69) is 0 Å². The lowest BCUT2D eigenvalue weighted by Gasteiger charge is -2.04. The molecular formula is C9H8FNO4. The van der Waals surface area contributed by atoms with Crippen LogP contribution < -0.4 is 5.73 Å². The SMILES string of the molecule is NCC(=O)c1cc(F)c(O)c(C(=O)O)c1. The van der Waals surface area contributed by atoms with E-state index in [4.69, 9.17) is 15.9 Å². The highest BCUT2D eigenvalue weighted by molar-refractivity contribution is 6.00. The molecule has 0 spiro atoms. The van der Waals surface area contributed by atoms with Crippen LogP contribution in [0.25, 0.3) is 0 Å². The van der Waals surface area contributed by atoms with Gasteiger partial charge in [-0.3, -0.25) is 4.79 Å². The zero-order chi connectivity index (χ0) is 11.6. The molecular weight excluding hydrogens is 205 g/mol. The van der Waals surface area contributed by atoms with E-state index in [0.717, 1.165) is 12.1 Å². The summed E-state index contributed by atoms with van der Waals surface area (Å²) in [5.74, 6) is -4.27. The van der Waals surface area contributed by atoms with Crippen molar-refractivity contribution in [1.82, 2.24) is 0 Å². The number of carboxylic acids is 1. The highest BCUT2D eigenvalue weighted by Crippen LogP contribution is 2.23. The van der Waals surface area contributed by atoms with Crippen LogP contribution in [-0.2, 0) is 0 Å². The highest BCUT2D eigenvalue weighted by atomic mass is 19.1. The summed E-state index contributed by atoms with van der Waals surface area (Å²) in [6.07, 6.45) is 0. The number of benzene rings is 1. The number of rotatable bonds is 3. The molecule has 0 heterocycles. The van der Waals surface area contributed by atoms with E-state index in [-0.39, 0.29) is 12.1 Å². The van der Waals surface area contributed by atoms with Crippen molar-refractivity contribution in [3.05, 3.63) is 29.1 Å². The molecule has 0 aliphatic carbocycles. The molecule has 0 unspecified atom stereocenters. The molecule has 5 nitrogen and oxygen atoms in total. The van der Waals surface area contributed by atoms with Gasteiger partial charge in [0, 0.05) is 5.56 Å². The third-order valence-corrected chi connectivity index (χ3v) is 1.80. The van der Waals surface area contributed by atoms with Crippen molar-refractivity contribution in [2.24, 2.45) is 5.73 Å². The van der Waals surface area contributed by atoms with Crippen LogP contribution in [0.1, 0.15) is 20.7 Å². The summed E-state index contributed by atoms with van der Waals surface area (Å²) in [5, 5.41) is 17.6. The molecule has 1 aromatic carbocycles. The third-order valence-electron chi connectivity index (χ3n) is 1.80. The lowest BCUT2D eigenvalue weighted by atomic mass is 10.1. The molecule has 0 bridgehead atoms. The second kappa shape index (κ2) is 4.05. The van der Waals surface area contributed by atoms with E-state index >= 15 is 0 Å². The van der Waals surface area contributed by atoms with Crippen LogP contribution in [0, 0.1) is 5.82 Å². The summed E-state index contributed by atoms with van der Waals surface area (Å²) in [7, 11) is 0. The number of carbonyl (C=O) groups is 2. The summed E-state index contributed by atoms with van der Waals surface area (Å²) in [6.45, 7) is -0.358. The summed E-state index contributed by atoms with van der Waals surface area (Å²) in [5.41, 5.74) is 4.20. The zero-order valence-corrected chi connectivity index (χ0v) is 7.53. The first kappa shape index (κ1) is 11.1. The number of carboxylic acid groups (broad SMARTS) is 1. The number of aromatic hydroxyl groups is 1. The molecule has 15 heavy (non-hydrogen) atoms. The Morgan fingerprint density at radius 1 is 1.40 bits per heavy atom. The molecule has 0 radical (unpaired) electrons. The number of hydrogen-bond donors (Lipinski definition) is 3. The highest BCUT2D eigenvalue weighted by Gasteiger charge is 2.17. The lowest BCUT2D eigenvalue weighted by molar-refractivity contribution is 0.0692. The Balaban J connectivity index is 3.35. The first-order valence-electron chi connectivity index (χ1n) is 3.96. The van der Waals surface area contributed by atoms with Crippen LogP contribution in [0.5, 0.6) is 5.75 Å². The molecule has 0 atom stereocenters. The topological polar surface area (TPSA) is 101 Å². The van der Waals surface area contributed by atoms with Gasteiger partial charge in [0.25, 0.3) is 0 Å². The second-order valence-electron chi connectivity index (χ2n) is 2.79. The van der Waals surface area contributed by atoms with Gasteiger partial charge in [0.15, 0.2) is 17.3 Å². The van der Waals surface area contributed by atoms with Gasteiger partial charge in [-0.2, -0.15) is 0 Å². The van der Waals surface area contributed by atoms with Crippen LogP contribution in [0.2, 0.25) is 0 Å². The Morgan fingerprint density at radius 2 is 2.00 bits per heavy atom. The van der Waals surface area contributed by atoms with Crippen molar-refractivity contribution in [2.45, 2.75) is 0 Å². The van der Waals surface area contributed by atoms with Gasteiger partial charge in [-0.25, -0.2) is 9.18 Å². The zero-order valence-electron chi connectivity index (χ0n) is 7.53. The van der Waals surface area contributed by atoms with Gasteiger partial charge in [0.2, 0.25) is 0 Å². The quantitative estimate of drug-likeness (QED) is 0.630. The minimum Gasteiger partial charge on any atom is -0.504 e. The average molecular weight is 213 g/mol. The van der Waals surface area contributed by atoms with Crippen molar-refractivity contribution < 1.29 is 24.2 Å². The molecule has 1 rings (SSSR count). The predicted octanol–water partition coefficient (Wildman–Crippen LogP) is 0.371.